The first-order valence-electron chi connectivity index (χ1n) is 8.02. The average molecular weight is 285 g/mol. The van der Waals surface area contributed by atoms with Crippen molar-refractivity contribution >= 4 is 16.7 Å². The molecule has 112 valence electrons. The van der Waals surface area contributed by atoms with Crippen LogP contribution in [-0.4, -0.2) is 44.8 Å². The van der Waals surface area contributed by atoms with Gasteiger partial charge in [0.2, 0.25) is 0 Å². The van der Waals surface area contributed by atoms with Crippen LogP contribution in [0.4, 0.5) is 5.69 Å². The molecule has 2 aliphatic rings. The summed E-state index contributed by atoms with van der Waals surface area (Å²) in [5.41, 5.74) is 3.15. The minimum atomic E-state index is 0.571. The molecule has 0 radical (unpaired) electrons. The molecule has 0 bridgehead atoms. The summed E-state index contributed by atoms with van der Waals surface area (Å²) >= 11 is 0. The molecule has 2 aromatic heterocycles. The van der Waals surface area contributed by atoms with E-state index < -0.39 is 0 Å². The maximum Gasteiger partial charge on any atom is 0.157 e. The summed E-state index contributed by atoms with van der Waals surface area (Å²) in [6, 6.07) is 3.49. The second-order valence-electron chi connectivity index (χ2n) is 6.44. The van der Waals surface area contributed by atoms with Crippen LogP contribution in [0.2, 0.25) is 0 Å². The van der Waals surface area contributed by atoms with Gasteiger partial charge in [0.05, 0.1) is 17.6 Å². The van der Waals surface area contributed by atoms with Crippen LogP contribution in [0.5, 0.6) is 0 Å². The first-order chi connectivity index (χ1) is 10.2. The monoisotopic (exact) mass is 285 g/mol. The van der Waals surface area contributed by atoms with Crippen LogP contribution in [0, 0.1) is 6.92 Å². The Morgan fingerprint density at radius 2 is 2.14 bits per heavy atom. The molecule has 0 saturated carbocycles. The number of nitrogens with zero attached hydrogens (tertiary/aromatic N) is 4. The van der Waals surface area contributed by atoms with Gasteiger partial charge in [-0.1, -0.05) is 6.42 Å². The number of pyridine rings is 1. The summed E-state index contributed by atoms with van der Waals surface area (Å²) in [5, 5.41) is 9.33. The smallest absolute Gasteiger partial charge is 0.157 e. The van der Waals surface area contributed by atoms with Crippen molar-refractivity contribution < 1.29 is 0 Å². The summed E-state index contributed by atoms with van der Waals surface area (Å²) in [7, 11) is 1.95. The summed E-state index contributed by atoms with van der Waals surface area (Å²) in [6.45, 7) is 4.57. The van der Waals surface area contributed by atoms with Crippen molar-refractivity contribution in [1.82, 2.24) is 19.7 Å². The topological polar surface area (TPSA) is 46.0 Å². The van der Waals surface area contributed by atoms with E-state index in [-0.39, 0.29) is 0 Å². The van der Waals surface area contributed by atoms with Crippen LogP contribution >= 0.6 is 0 Å². The van der Waals surface area contributed by atoms with Crippen molar-refractivity contribution in [3.63, 3.8) is 0 Å². The molecule has 2 aliphatic heterocycles. The Morgan fingerprint density at radius 1 is 1.24 bits per heavy atom. The third-order valence-corrected chi connectivity index (χ3v) is 5.07. The van der Waals surface area contributed by atoms with Crippen molar-refractivity contribution in [2.45, 2.75) is 44.7 Å². The summed E-state index contributed by atoms with van der Waals surface area (Å²) < 4.78 is 1.85. The number of anilines is 1. The van der Waals surface area contributed by atoms with Gasteiger partial charge in [-0.15, -0.1) is 0 Å². The van der Waals surface area contributed by atoms with E-state index in [0.717, 1.165) is 22.4 Å². The van der Waals surface area contributed by atoms with Gasteiger partial charge in [0.1, 0.15) is 0 Å². The predicted molar refractivity (Wildman–Crippen MR) is 84.5 cm³/mol. The minimum absolute atomic E-state index is 0.571. The van der Waals surface area contributed by atoms with Gasteiger partial charge >= 0.3 is 0 Å². The largest absolute Gasteiger partial charge is 0.379 e. The van der Waals surface area contributed by atoms with Gasteiger partial charge in [-0.25, -0.2) is 4.98 Å². The van der Waals surface area contributed by atoms with Crippen LogP contribution in [0.3, 0.4) is 0 Å². The molecule has 1 N–H and O–H groups in total. The standard InChI is InChI=1S/C16H23N5/c1-11-13-9-12(10-17-16(13)20(2)19-11)18-14-6-8-21-7-4-3-5-15(14)21/h9-10,14-15,18H,3-8H2,1-2H3. The quantitative estimate of drug-likeness (QED) is 0.920. The second-order valence-corrected chi connectivity index (χ2v) is 6.44. The van der Waals surface area contributed by atoms with Gasteiger partial charge in [0, 0.05) is 31.1 Å². The number of hydrogen-bond acceptors (Lipinski definition) is 4. The SMILES string of the molecule is Cc1nn(C)c2ncc(NC3CCN4CCCCC34)cc12. The van der Waals surface area contributed by atoms with Gasteiger partial charge in [-0.05, 0) is 38.8 Å². The van der Waals surface area contributed by atoms with Gasteiger partial charge < -0.3 is 5.32 Å². The Labute approximate surface area is 125 Å². The number of aromatic nitrogens is 3. The molecule has 2 aromatic rings. The summed E-state index contributed by atoms with van der Waals surface area (Å²) in [4.78, 5) is 7.23. The van der Waals surface area contributed by atoms with Crippen LogP contribution in [0.25, 0.3) is 11.0 Å². The molecule has 0 amide bonds. The fourth-order valence-corrected chi connectivity index (χ4v) is 4.02. The molecular formula is C16H23N5. The fraction of sp³-hybridized carbons (Fsp3) is 0.625. The van der Waals surface area contributed by atoms with Crippen molar-refractivity contribution in [2.75, 3.05) is 18.4 Å². The summed E-state index contributed by atoms with van der Waals surface area (Å²) in [6.07, 6.45) is 7.27. The van der Waals surface area contributed by atoms with Gasteiger partial charge in [-0.3, -0.25) is 9.58 Å². The van der Waals surface area contributed by atoms with E-state index in [4.69, 9.17) is 0 Å². The van der Waals surface area contributed by atoms with E-state index in [1.807, 2.05) is 24.9 Å². The minimum Gasteiger partial charge on any atom is -0.379 e. The highest BCUT2D eigenvalue weighted by Crippen LogP contribution is 2.30. The summed E-state index contributed by atoms with van der Waals surface area (Å²) in [5.74, 6) is 0. The van der Waals surface area contributed by atoms with E-state index in [9.17, 15) is 0 Å². The molecule has 0 aromatic carbocycles. The maximum absolute atomic E-state index is 4.57. The van der Waals surface area contributed by atoms with Crippen LogP contribution in [0.1, 0.15) is 31.4 Å². The van der Waals surface area contributed by atoms with Crippen LogP contribution in [0.15, 0.2) is 12.3 Å². The van der Waals surface area contributed by atoms with Crippen LogP contribution < -0.4 is 5.32 Å². The number of aryl methyl sites for hydroxylation is 2. The highest BCUT2D eigenvalue weighted by molar-refractivity contribution is 5.81. The lowest BCUT2D eigenvalue weighted by molar-refractivity contribution is 0.193. The van der Waals surface area contributed by atoms with Crippen molar-refractivity contribution in [1.29, 1.82) is 0 Å². The molecule has 2 fully saturated rings. The number of fused-ring (bicyclic) bond motifs is 2. The third kappa shape index (κ3) is 2.20. The van der Waals surface area contributed by atoms with E-state index in [1.54, 1.807) is 0 Å². The zero-order valence-corrected chi connectivity index (χ0v) is 12.8. The van der Waals surface area contributed by atoms with E-state index in [0.29, 0.717) is 12.1 Å². The normalized spacial score (nSPS) is 26.2. The lowest BCUT2D eigenvalue weighted by Crippen LogP contribution is -2.41. The van der Waals surface area contributed by atoms with Crippen molar-refractivity contribution in [3.8, 4) is 0 Å². The fourth-order valence-electron chi connectivity index (χ4n) is 4.02. The molecule has 4 heterocycles. The van der Waals surface area contributed by atoms with Crippen LogP contribution in [-0.2, 0) is 7.05 Å². The highest BCUT2D eigenvalue weighted by Gasteiger charge is 2.35. The first-order valence-corrected chi connectivity index (χ1v) is 8.02. The van der Waals surface area contributed by atoms with E-state index in [2.05, 4.69) is 26.4 Å². The number of rotatable bonds is 2. The molecule has 2 saturated heterocycles. The van der Waals surface area contributed by atoms with Crippen molar-refractivity contribution in [3.05, 3.63) is 18.0 Å². The Morgan fingerprint density at radius 3 is 3.05 bits per heavy atom. The van der Waals surface area contributed by atoms with Crippen molar-refractivity contribution in [2.24, 2.45) is 7.05 Å². The maximum atomic E-state index is 4.57. The van der Waals surface area contributed by atoms with Gasteiger partial charge in [0.25, 0.3) is 0 Å². The Bertz CT molecular complexity index is 662. The number of hydrogen-bond donors (Lipinski definition) is 1. The zero-order valence-electron chi connectivity index (χ0n) is 12.8. The average Bonchev–Trinajstić information content (AvgIpc) is 3.02. The Hall–Kier alpha value is -1.62. The van der Waals surface area contributed by atoms with E-state index >= 15 is 0 Å². The molecule has 2 atom stereocenters. The Balaban J connectivity index is 1.58. The third-order valence-electron chi connectivity index (χ3n) is 5.07. The molecule has 5 nitrogen and oxygen atoms in total. The molecule has 2 unspecified atom stereocenters. The first kappa shape index (κ1) is 13.1. The molecule has 0 spiro atoms. The zero-order chi connectivity index (χ0) is 14.4. The number of nitrogens with one attached hydrogen (secondary N) is 1. The molecule has 4 rings (SSSR count). The molecule has 21 heavy (non-hydrogen) atoms. The predicted octanol–water partition coefficient (Wildman–Crippen LogP) is 2.32. The highest BCUT2D eigenvalue weighted by atomic mass is 15.3. The lowest BCUT2D eigenvalue weighted by Gasteiger charge is -2.32. The van der Waals surface area contributed by atoms with Gasteiger partial charge in [-0.2, -0.15) is 5.10 Å². The second kappa shape index (κ2) is 4.98. The van der Waals surface area contributed by atoms with Gasteiger partial charge in [0.15, 0.2) is 5.65 Å². The molecule has 5 heteroatoms. The van der Waals surface area contributed by atoms with E-state index in [1.165, 1.54) is 38.8 Å². The Kier molecular flexibility index (Phi) is 3.10. The number of piperidine rings is 1. The molecule has 0 aliphatic carbocycles. The molecular weight excluding hydrogens is 262 g/mol. The lowest BCUT2D eigenvalue weighted by atomic mass is 9.99.